The van der Waals surface area contributed by atoms with E-state index in [9.17, 15) is 4.79 Å². The van der Waals surface area contributed by atoms with Gasteiger partial charge < -0.3 is 10.4 Å². The summed E-state index contributed by atoms with van der Waals surface area (Å²) in [6, 6.07) is 0.478. The molecule has 0 saturated carbocycles. The van der Waals surface area contributed by atoms with Crippen molar-refractivity contribution in [3.63, 3.8) is 0 Å². The molecule has 0 aliphatic carbocycles. The Kier molecular flexibility index (Phi) is 3.33. The molecular formula is C10H14N2O2S. The largest absolute Gasteiger partial charge is 0.477 e. The summed E-state index contributed by atoms with van der Waals surface area (Å²) in [4.78, 5) is 15.1. The summed E-state index contributed by atoms with van der Waals surface area (Å²) < 4.78 is 0. The van der Waals surface area contributed by atoms with Crippen LogP contribution in [0.2, 0.25) is 0 Å². The second kappa shape index (κ2) is 4.72. The van der Waals surface area contributed by atoms with Gasteiger partial charge in [-0.1, -0.05) is 6.42 Å². The van der Waals surface area contributed by atoms with Gasteiger partial charge in [-0.3, -0.25) is 0 Å². The summed E-state index contributed by atoms with van der Waals surface area (Å²) in [5.41, 5.74) is 0. The zero-order valence-corrected chi connectivity index (χ0v) is 9.22. The van der Waals surface area contributed by atoms with E-state index in [0.29, 0.717) is 10.9 Å². The van der Waals surface area contributed by atoms with Crippen LogP contribution < -0.4 is 5.32 Å². The lowest BCUT2D eigenvalue weighted by atomic mass is 10.0. The monoisotopic (exact) mass is 226 g/mol. The van der Waals surface area contributed by atoms with Crippen molar-refractivity contribution in [1.82, 2.24) is 10.3 Å². The highest BCUT2D eigenvalue weighted by molar-refractivity contribution is 7.13. The van der Waals surface area contributed by atoms with E-state index in [-0.39, 0.29) is 0 Å². The van der Waals surface area contributed by atoms with Crippen molar-refractivity contribution in [2.24, 2.45) is 0 Å². The number of thiazole rings is 1. The summed E-state index contributed by atoms with van der Waals surface area (Å²) in [5, 5.41) is 13.1. The summed E-state index contributed by atoms with van der Waals surface area (Å²) >= 11 is 1.28. The van der Waals surface area contributed by atoms with E-state index in [1.54, 1.807) is 0 Å². The molecule has 0 radical (unpaired) electrons. The Balaban J connectivity index is 1.94. The standard InChI is InChI=1S/C10H14N2O2S/c13-10(14)8-6-12-9(15-8)5-7-3-1-2-4-11-7/h6-7,11H,1-5H2,(H,13,14). The molecule has 1 aliphatic rings. The maximum atomic E-state index is 10.7. The van der Waals surface area contributed by atoms with Crippen molar-refractivity contribution in [3.05, 3.63) is 16.1 Å². The average Bonchev–Trinajstić information content (AvgIpc) is 2.68. The Morgan fingerprint density at radius 3 is 3.13 bits per heavy atom. The van der Waals surface area contributed by atoms with Crippen molar-refractivity contribution in [2.75, 3.05) is 6.54 Å². The normalized spacial score (nSPS) is 21.5. The van der Waals surface area contributed by atoms with Crippen molar-refractivity contribution in [2.45, 2.75) is 31.7 Å². The molecule has 2 heterocycles. The summed E-state index contributed by atoms with van der Waals surface area (Å²) in [5.74, 6) is -0.879. The van der Waals surface area contributed by atoms with Gasteiger partial charge in [0.05, 0.1) is 11.2 Å². The van der Waals surface area contributed by atoms with Crippen LogP contribution in [0.25, 0.3) is 0 Å². The Hall–Kier alpha value is -0.940. The fraction of sp³-hybridized carbons (Fsp3) is 0.600. The second-order valence-electron chi connectivity index (χ2n) is 3.77. The third-order valence-corrected chi connectivity index (χ3v) is 3.61. The van der Waals surface area contributed by atoms with E-state index in [2.05, 4.69) is 10.3 Å². The molecule has 1 aromatic rings. The minimum absolute atomic E-state index is 0.334. The quantitative estimate of drug-likeness (QED) is 0.820. The number of rotatable bonds is 3. The topological polar surface area (TPSA) is 62.2 Å². The molecule has 2 rings (SSSR count). The molecule has 1 aliphatic heterocycles. The summed E-state index contributed by atoms with van der Waals surface area (Å²) in [6.07, 6.45) is 5.98. The number of hydrogen-bond donors (Lipinski definition) is 2. The van der Waals surface area contributed by atoms with Crippen LogP contribution in [-0.2, 0) is 6.42 Å². The van der Waals surface area contributed by atoms with Crippen LogP contribution in [0.1, 0.15) is 33.9 Å². The first-order valence-corrected chi connectivity index (χ1v) is 5.99. The minimum Gasteiger partial charge on any atom is -0.477 e. The Labute approximate surface area is 92.3 Å². The fourth-order valence-electron chi connectivity index (χ4n) is 1.81. The lowest BCUT2D eigenvalue weighted by molar-refractivity contribution is 0.0702. The van der Waals surface area contributed by atoms with Crippen LogP contribution >= 0.6 is 11.3 Å². The van der Waals surface area contributed by atoms with Gasteiger partial charge in [0.2, 0.25) is 0 Å². The van der Waals surface area contributed by atoms with Crippen molar-refractivity contribution in [1.29, 1.82) is 0 Å². The third-order valence-electron chi connectivity index (χ3n) is 2.60. The number of nitrogens with one attached hydrogen (secondary N) is 1. The zero-order chi connectivity index (χ0) is 10.7. The van der Waals surface area contributed by atoms with Gasteiger partial charge in [-0.25, -0.2) is 9.78 Å². The maximum absolute atomic E-state index is 10.7. The highest BCUT2D eigenvalue weighted by atomic mass is 32.1. The number of aromatic nitrogens is 1. The number of carbonyl (C=O) groups is 1. The van der Waals surface area contributed by atoms with E-state index in [0.717, 1.165) is 18.0 Å². The molecule has 1 saturated heterocycles. The van der Waals surface area contributed by atoms with Gasteiger partial charge in [-0.05, 0) is 19.4 Å². The van der Waals surface area contributed by atoms with Gasteiger partial charge in [-0.15, -0.1) is 11.3 Å². The minimum atomic E-state index is -0.879. The average molecular weight is 226 g/mol. The van der Waals surface area contributed by atoms with Gasteiger partial charge in [0.15, 0.2) is 0 Å². The molecule has 82 valence electrons. The van der Waals surface area contributed by atoms with E-state index < -0.39 is 5.97 Å². The highest BCUT2D eigenvalue weighted by Gasteiger charge is 2.16. The fourth-order valence-corrected chi connectivity index (χ4v) is 2.65. The molecule has 2 N–H and O–H groups in total. The number of piperidine rings is 1. The van der Waals surface area contributed by atoms with Gasteiger partial charge in [-0.2, -0.15) is 0 Å². The first-order chi connectivity index (χ1) is 7.25. The van der Waals surface area contributed by atoms with Gasteiger partial charge in [0.25, 0.3) is 0 Å². The lowest BCUT2D eigenvalue weighted by Gasteiger charge is -2.22. The molecule has 0 aromatic carbocycles. The van der Waals surface area contributed by atoms with E-state index >= 15 is 0 Å². The molecule has 4 nitrogen and oxygen atoms in total. The van der Waals surface area contributed by atoms with Crippen molar-refractivity contribution < 1.29 is 9.90 Å². The van der Waals surface area contributed by atoms with Crippen LogP contribution in [-0.4, -0.2) is 28.6 Å². The molecule has 1 fully saturated rings. The molecule has 0 amide bonds. The first-order valence-electron chi connectivity index (χ1n) is 5.17. The lowest BCUT2D eigenvalue weighted by Crippen LogP contribution is -2.35. The molecule has 15 heavy (non-hydrogen) atoms. The Bertz CT molecular complexity index is 345. The Morgan fingerprint density at radius 1 is 1.67 bits per heavy atom. The van der Waals surface area contributed by atoms with Crippen LogP contribution in [0.4, 0.5) is 0 Å². The van der Waals surface area contributed by atoms with E-state index in [1.807, 2.05) is 0 Å². The highest BCUT2D eigenvalue weighted by Crippen LogP contribution is 2.17. The van der Waals surface area contributed by atoms with Gasteiger partial charge in [0.1, 0.15) is 4.88 Å². The van der Waals surface area contributed by atoms with Crippen molar-refractivity contribution in [3.8, 4) is 0 Å². The Morgan fingerprint density at radius 2 is 2.53 bits per heavy atom. The number of nitrogens with zero attached hydrogens (tertiary/aromatic N) is 1. The second-order valence-corrected chi connectivity index (χ2v) is 4.89. The van der Waals surface area contributed by atoms with Gasteiger partial charge >= 0.3 is 5.97 Å². The van der Waals surface area contributed by atoms with Crippen LogP contribution in [0.15, 0.2) is 6.20 Å². The third kappa shape index (κ3) is 2.76. The molecule has 5 heteroatoms. The van der Waals surface area contributed by atoms with E-state index in [4.69, 9.17) is 5.11 Å². The van der Waals surface area contributed by atoms with Crippen LogP contribution in [0.3, 0.4) is 0 Å². The predicted octanol–water partition coefficient (Wildman–Crippen LogP) is 1.53. The maximum Gasteiger partial charge on any atom is 0.347 e. The van der Waals surface area contributed by atoms with E-state index in [1.165, 1.54) is 36.8 Å². The smallest absolute Gasteiger partial charge is 0.347 e. The molecule has 1 unspecified atom stereocenters. The van der Waals surface area contributed by atoms with Gasteiger partial charge in [0, 0.05) is 12.5 Å². The molecular weight excluding hydrogens is 212 g/mol. The SMILES string of the molecule is O=C(O)c1cnc(CC2CCCCN2)s1. The molecule has 0 bridgehead atoms. The number of carboxylic acids is 1. The van der Waals surface area contributed by atoms with Crippen LogP contribution in [0, 0.1) is 0 Å². The summed E-state index contributed by atoms with van der Waals surface area (Å²) in [7, 11) is 0. The predicted molar refractivity (Wildman–Crippen MR) is 58.4 cm³/mol. The molecule has 0 spiro atoms. The van der Waals surface area contributed by atoms with Crippen LogP contribution in [0.5, 0.6) is 0 Å². The van der Waals surface area contributed by atoms with Crippen molar-refractivity contribution >= 4 is 17.3 Å². The summed E-state index contributed by atoms with van der Waals surface area (Å²) in [6.45, 7) is 1.07. The number of hydrogen-bond acceptors (Lipinski definition) is 4. The molecule has 1 atom stereocenters. The molecule has 1 aromatic heterocycles. The first kappa shape index (κ1) is 10.6. The number of aromatic carboxylic acids is 1. The zero-order valence-electron chi connectivity index (χ0n) is 8.40. The number of carboxylic acid groups (broad SMARTS) is 1.